The van der Waals surface area contributed by atoms with Gasteiger partial charge in [-0.2, -0.15) is 0 Å². The zero-order chi connectivity index (χ0) is 18.1. The van der Waals surface area contributed by atoms with Crippen LogP contribution in [-0.2, 0) is 0 Å². The van der Waals surface area contributed by atoms with Gasteiger partial charge in [0.2, 0.25) is 0 Å². The number of hydrogen-bond donors (Lipinski definition) is 1. The Hall–Kier alpha value is -1.95. The number of carbonyl (C=O) groups is 1. The van der Waals surface area contributed by atoms with Crippen molar-refractivity contribution in [2.75, 3.05) is 64.4 Å². The summed E-state index contributed by atoms with van der Waals surface area (Å²) in [6.45, 7) is 11.4. The van der Waals surface area contributed by atoms with Crippen molar-refractivity contribution in [3.63, 3.8) is 0 Å². The minimum absolute atomic E-state index is 0.0472. The van der Waals surface area contributed by atoms with Gasteiger partial charge in [-0.1, -0.05) is 12.1 Å². The van der Waals surface area contributed by atoms with E-state index in [4.69, 9.17) is 4.74 Å². The van der Waals surface area contributed by atoms with Gasteiger partial charge in [-0.05, 0) is 38.9 Å². The number of nitrogens with zero attached hydrogens (tertiary/aromatic N) is 3. The fourth-order valence-corrected chi connectivity index (χ4v) is 3.22. The molecule has 2 rings (SSSR count). The predicted octanol–water partition coefficient (Wildman–Crippen LogP) is 2.26. The summed E-state index contributed by atoms with van der Waals surface area (Å²) in [7, 11) is 1.72. The molecule has 0 aromatic heterocycles. The number of amides is 2. The molecule has 0 unspecified atom stereocenters. The molecule has 1 aromatic rings. The number of ether oxygens (including phenoxy) is 1. The largest absolute Gasteiger partial charge is 0.495 e. The number of nitrogens with one attached hydrogen (secondary N) is 1. The average Bonchev–Trinajstić information content (AvgIpc) is 2.66. The van der Waals surface area contributed by atoms with Crippen LogP contribution in [0.2, 0.25) is 0 Å². The number of urea groups is 1. The second-order valence-electron chi connectivity index (χ2n) is 6.26. The van der Waals surface area contributed by atoms with E-state index < -0.39 is 0 Å². The second kappa shape index (κ2) is 10.1. The minimum Gasteiger partial charge on any atom is -0.495 e. The van der Waals surface area contributed by atoms with E-state index in [2.05, 4.69) is 27.2 Å². The lowest BCUT2D eigenvalue weighted by atomic mass is 10.2. The maximum atomic E-state index is 11.9. The number of benzene rings is 1. The molecule has 6 nitrogen and oxygen atoms in total. The molecule has 2 amide bonds. The smallest absolute Gasteiger partial charge is 0.317 e. The maximum Gasteiger partial charge on any atom is 0.317 e. The first-order chi connectivity index (χ1) is 12.2. The van der Waals surface area contributed by atoms with E-state index in [1.54, 1.807) is 7.11 Å². The van der Waals surface area contributed by atoms with Gasteiger partial charge in [0.1, 0.15) is 5.75 Å². The number of piperazine rings is 1. The Kier molecular flexibility index (Phi) is 7.85. The SMILES string of the molecule is CCN(CC)C(=O)NCCCN1CCN(c2ccccc2OC)CC1. The van der Waals surface area contributed by atoms with Crippen LogP contribution in [-0.4, -0.2) is 75.3 Å². The second-order valence-corrected chi connectivity index (χ2v) is 6.26. The Balaban J connectivity index is 1.68. The molecule has 0 aliphatic carbocycles. The molecule has 25 heavy (non-hydrogen) atoms. The molecule has 1 heterocycles. The van der Waals surface area contributed by atoms with E-state index in [0.717, 1.165) is 64.5 Å². The molecular weight excluding hydrogens is 316 g/mol. The summed E-state index contributed by atoms with van der Waals surface area (Å²) < 4.78 is 5.47. The van der Waals surface area contributed by atoms with E-state index >= 15 is 0 Å². The Bertz CT molecular complexity index is 526. The number of para-hydroxylation sites is 2. The van der Waals surface area contributed by atoms with Crippen molar-refractivity contribution in [1.82, 2.24) is 15.1 Å². The molecule has 1 aromatic carbocycles. The molecule has 0 radical (unpaired) electrons. The zero-order valence-corrected chi connectivity index (χ0v) is 15.8. The van der Waals surface area contributed by atoms with E-state index in [9.17, 15) is 4.79 Å². The van der Waals surface area contributed by atoms with Crippen LogP contribution in [0.4, 0.5) is 10.5 Å². The Morgan fingerprint density at radius 2 is 1.84 bits per heavy atom. The van der Waals surface area contributed by atoms with Crippen LogP contribution in [0.3, 0.4) is 0 Å². The van der Waals surface area contributed by atoms with Crippen molar-refractivity contribution in [2.24, 2.45) is 0 Å². The van der Waals surface area contributed by atoms with E-state index in [-0.39, 0.29) is 6.03 Å². The summed E-state index contributed by atoms with van der Waals surface area (Å²) in [6.07, 6.45) is 0.988. The Labute approximate surface area is 151 Å². The quantitative estimate of drug-likeness (QED) is 0.732. The normalized spacial score (nSPS) is 15.1. The number of methoxy groups -OCH3 is 1. The summed E-state index contributed by atoms with van der Waals surface area (Å²) in [4.78, 5) is 18.6. The molecular formula is C19H32N4O2. The first-order valence-electron chi connectivity index (χ1n) is 9.32. The van der Waals surface area contributed by atoms with E-state index in [1.807, 2.05) is 30.9 Å². The van der Waals surface area contributed by atoms with E-state index in [1.165, 1.54) is 5.69 Å². The predicted molar refractivity (Wildman–Crippen MR) is 103 cm³/mol. The monoisotopic (exact) mass is 348 g/mol. The van der Waals surface area contributed by atoms with Gasteiger partial charge in [-0.3, -0.25) is 4.90 Å². The molecule has 0 saturated carbocycles. The van der Waals surface area contributed by atoms with Crippen LogP contribution in [0.1, 0.15) is 20.3 Å². The number of carbonyl (C=O) groups excluding carboxylic acids is 1. The van der Waals surface area contributed by atoms with Crippen molar-refractivity contribution < 1.29 is 9.53 Å². The number of hydrogen-bond acceptors (Lipinski definition) is 4. The first kappa shape index (κ1) is 19.4. The lowest BCUT2D eigenvalue weighted by molar-refractivity contribution is 0.201. The van der Waals surface area contributed by atoms with Crippen molar-refractivity contribution in [2.45, 2.75) is 20.3 Å². The highest BCUT2D eigenvalue weighted by atomic mass is 16.5. The van der Waals surface area contributed by atoms with Crippen LogP contribution in [0, 0.1) is 0 Å². The molecule has 0 spiro atoms. The van der Waals surface area contributed by atoms with Crippen molar-refractivity contribution in [3.05, 3.63) is 24.3 Å². The third-order valence-corrected chi connectivity index (χ3v) is 4.78. The summed E-state index contributed by atoms with van der Waals surface area (Å²) in [5, 5.41) is 3.01. The Morgan fingerprint density at radius 3 is 2.48 bits per heavy atom. The minimum atomic E-state index is 0.0472. The molecule has 6 heteroatoms. The first-order valence-corrected chi connectivity index (χ1v) is 9.32. The zero-order valence-electron chi connectivity index (χ0n) is 15.8. The van der Waals surface area contributed by atoms with Gasteiger partial charge in [-0.15, -0.1) is 0 Å². The third kappa shape index (κ3) is 5.53. The van der Waals surface area contributed by atoms with Gasteiger partial charge in [0.25, 0.3) is 0 Å². The summed E-state index contributed by atoms with van der Waals surface area (Å²) in [5.41, 5.74) is 1.18. The fourth-order valence-electron chi connectivity index (χ4n) is 3.22. The maximum absolute atomic E-state index is 11.9. The highest BCUT2D eigenvalue weighted by molar-refractivity contribution is 5.73. The van der Waals surface area contributed by atoms with Gasteiger partial charge in [0, 0.05) is 45.8 Å². The highest BCUT2D eigenvalue weighted by Crippen LogP contribution is 2.28. The highest BCUT2D eigenvalue weighted by Gasteiger charge is 2.19. The van der Waals surface area contributed by atoms with Crippen molar-refractivity contribution >= 4 is 11.7 Å². The van der Waals surface area contributed by atoms with E-state index in [0.29, 0.717) is 0 Å². The van der Waals surface area contributed by atoms with Gasteiger partial charge >= 0.3 is 6.03 Å². The van der Waals surface area contributed by atoms with Crippen LogP contribution in [0.15, 0.2) is 24.3 Å². The lowest BCUT2D eigenvalue weighted by Crippen LogP contribution is -2.47. The molecule has 0 bridgehead atoms. The fraction of sp³-hybridized carbons (Fsp3) is 0.632. The van der Waals surface area contributed by atoms with Gasteiger partial charge in [0.05, 0.1) is 12.8 Å². The molecule has 1 N–H and O–H groups in total. The van der Waals surface area contributed by atoms with Crippen LogP contribution >= 0.6 is 0 Å². The standard InChI is InChI=1S/C19H32N4O2/c1-4-22(5-2)19(24)20-11-8-12-21-13-15-23(16-14-21)17-9-6-7-10-18(17)25-3/h6-7,9-10H,4-5,8,11-16H2,1-3H3,(H,20,24). The molecule has 1 aliphatic rings. The lowest BCUT2D eigenvalue weighted by Gasteiger charge is -2.36. The van der Waals surface area contributed by atoms with Crippen LogP contribution < -0.4 is 15.0 Å². The summed E-state index contributed by atoms with van der Waals surface area (Å²) >= 11 is 0. The Morgan fingerprint density at radius 1 is 1.16 bits per heavy atom. The molecule has 0 atom stereocenters. The van der Waals surface area contributed by atoms with Gasteiger partial charge < -0.3 is 19.9 Å². The van der Waals surface area contributed by atoms with Gasteiger partial charge in [-0.25, -0.2) is 4.79 Å². The van der Waals surface area contributed by atoms with Gasteiger partial charge in [0.15, 0.2) is 0 Å². The van der Waals surface area contributed by atoms with Crippen LogP contribution in [0.25, 0.3) is 0 Å². The van der Waals surface area contributed by atoms with Crippen LogP contribution in [0.5, 0.6) is 5.75 Å². The number of rotatable bonds is 8. The molecule has 1 aliphatic heterocycles. The summed E-state index contributed by atoms with van der Waals surface area (Å²) in [6, 6.07) is 8.25. The topological polar surface area (TPSA) is 48.1 Å². The molecule has 1 saturated heterocycles. The molecule has 140 valence electrons. The third-order valence-electron chi connectivity index (χ3n) is 4.78. The summed E-state index contributed by atoms with van der Waals surface area (Å²) in [5.74, 6) is 0.940. The van der Waals surface area contributed by atoms with Crippen molar-refractivity contribution in [1.29, 1.82) is 0 Å². The molecule has 1 fully saturated rings. The average molecular weight is 348 g/mol. The van der Waals surface area contributed by atoms with Crippen molar-refractivity contribution in [3.8, 4) is 5.75 Å². The number of anilines is 1.